The molecule has 0 heterocycles. The SMILES string of the molecule is C#CC#CC#CC.COC(=O)[C@@H](Cc1ccccc1)N=[N+]=[N-]. The fourth-order valence-corrected chi connectivity index (χ4v) is 1.34. The number of hydrogen-bond acceptors (Lipinski definition) is 3. The van der Waals surface area contributed by atoms with E-state index in [0.29, 0.717) is 6.42 Å². The van der Waals surface area contributed by atoms with Crippen molar-refractivity contribution in [1.82, 2.24) is 0 Å². The summed E-state index contributed by atoms with van der Waals surface area (Å²) in [7, 11) is 1.27. The highest BCUT2D eigenvalue weighted by Crippen LogP contribution is 2.07. The van der Waals surface area contributed by atoms with Crippen LogP contribution in [0.2, 0.25) is 0 Å². The second-order valence-electron chi connectivity index (χ2n) is 3.70. The number of methoxy groups -OCH3 is 1. The van der Waals surface area contributed by atoms with E-state index in [1.807, 2.05) is 30.3 Å². The molecular weight excluding hydrogens is 278 g/mol. The van der Waals surface area contributed by atoms with Gasteiger partial charge in [-0.3, -0.25) is 4.79 Å². The van der Waals surface area contributed by atoms with Crippen molar-refractivity contribution in [3.05, 3.63) is 46.3 Å². The van der Waals surface area contributed by atoms with Crippen molar-refractivity contribution >= 4 is 5.97 Å². The van der Waals surface area contributed by atoms with Crippen molar-refractivity contribution in [3.8, 4) is 36.0 Å². The van der Waals surface area contributed by atoms with Crippen molar-refractivity contribution in [2.24, 2.45) is 5.11 Å². The first-order chi connectivity index (χ1) is 10.7. The summed E-state index contributed by atoms with van der Waals surface area (Å²) in [5.74, 6) is 11.5. The van der Waals surface area contributed by atoms with Gasteiger partial charge in [0.15, 0.2) is 0 Å². The molecule has 1 aromatic rings. The van der Waals surface area contributed by atoms with Gasteiger partial charge in [-0.1, -0.05) is 41.4 Å². The van der Waals surface area contributed by atoms with E-state index in [4.69, 9.17) is 12.0 Å². The lowest BCUT2D eigenvalue weighted by atomic mass is 10.1. The van der Waals surface area contributed by atoms with Gasteiger partial charge >= 0.3 is 5.97 Å². The highest BCUT2D eigenvalue weighted by Gasteiger charge is 2.17. The van der Waals surface area contributed by atoms with Crippen LogP contribution in [0.5, 0.6) is 0 Å². The van der Waals surface area contributed by atoms with Crippen LogP contribution in [-0.2, 0) is 16.0 Å². The number of carbonyl (C=O) groups is 1. The zero-order chi connectivity index (χ0) is 16.6. The van der Waals surface area contributed by atoms with Gasteiger partial charge in [-0.2, -0.15) is 0 Å². The molecule has 0 radical (unpaired) electrons. The molecule has 22 heavy (non-hydrogen) atoms. The summed E-state index contributed by atoms with van der Waals surface area (Å²) in [5.41, 5.74) is 9.24. The normalized spacial score (nSPS) is 8.77. The largest absolute Gasteiger partial charge is 0.469 e. The number of azide groups is 1. The Bertz CT molecular complexity index is 676. The maximum atomic E-state index is 11.2. The number of ether oxygens (including phenoxy) is 1. The van der Waals surface area contributed by atoms with Crippen LogP contribution in [-0.4, -0.2) is 19.1 Å². The lowest BCUT2D eigenvalue weighted by Crippen LogP contribution is -2.22. The summed E-state index contributed by atoms with van der Waals surface area (Å²) < 4.78 is 4.53. The summed E-state index contributed by atoms with van der Waals surface area (Å²) in [6, 6.07) is 8.54. The molecule has 5 nitrogen and oxygen atoms in total. The van der Waals surface area contributed by atoms with Gasteiger partial charge in [0.2, 0.25) is 0 Å². The number of carbonyl (C=O) groups excluding carboxylic acids is 1. The molecule has 0 N–H and O–H groups in total. The molecular formula is C17H15N3O2. The van der Waals surface area contributed by atoms with Gasteiger partial charge in [-0.05, 0) is 48.1 Å². The molecule has 1 rings (SSSR count). The predicted octanol–water partition coefficient (Wildman–Crippen LogP) is 2.73. The van der Waals surface area contributed by atoms with Crippen LogP contribution in [0.1, 0.15) is 12.5 Å². The smallest absolute Gasteiger partial charge is 0.314 e. The number of esters is 1. The first kappa shape index (κ1) is 18.7. The third-order valence-corrected chi connectivity index (χ3v) is 2.26. The molecule has 5 heteroatoms. The zero-order valence-electron chi connectivity index (χ0n) is 12.4. The van der Waals surface area contributed by atoms with E-state index < -0.39 is 12.0 Å². The quantitative estimate of drug-likeness (QED) is 0.281. The third kappa shape index (κ3) is 8.73. The summed E-state index contributed by atoms with van der Waals surface area (Å²) in [5, 5.41) is 3.40. The summed E-state index contributed by atoms with van der Waals surface area (Å²) in [6.07, 6.45) is 5.14. The number of hydrogen-bond donors (Lipinski definition) is 0. The van der Waals surface area contributed by atoms with Crippen molar-refractivity contribution in [2.75, 3.05) is 7.11 Å². The van der Waals surface area contributed by atoms with Crippen molar-refractivity contribution in [2.45, 2.75) is 19.4 Å². The van der Waals surface area contributed by atoms with E-state index >= 15 is 0 Å². The van der Waals surface area contributed by atoms with Crippen LogP contribution in [0, 0.1) is 36.0 Å². The average Bonchev–Trinajstić information content (AvgIpc) is 2.56. The number of terminal acetylenes is 1. The highest BCUT2D eigenvalue weighted by atomic mass is 16.5. The molecule has 0 bridgehead atoms. The lowest BCUT2D eigenvalue weighted by Gasteiger charge is -2.08. The lowest BCUT2D eigenvalue weighted by molar-refractivity contribution is -0.142. The van der Waals surface area contributed by atoms with Gasteiger partial charge in [0, 0.05) is 4.91 Å². The Morgan fingerprint density at radius 3 is 2.55 bits per heavy atom. The second-order valence-corrected chi connectivity index (χ2v) is 3.70. The maximum absolute atomic E-state index is 11.2. The molecule has 1 atom stereocenters. The summed E-state index contributed by atoms with van der Waals surface area (Å²) in [4.78, 5) is 13.8. The molecule has 0 fully saturated rings. The van der Waals surface area contributed by atoms with Gasteiger partial charge in [-0.15, -0.1) is 6.42 Å². The first-order valence-corrected chi connectivity index (χ1v) is 6.22. The van der Waals surface area contributed by atoms with Crippen LogP contribution < -0.4 is 0 Å². The van der Waals surface area contributed by atoms with Crippen molar-refractivity contribution in [1.29, 1.82) is 0 Å². The van der Waals surface area contributed by atoms with Crippen LogP contribution in [0.4, 0.5) is 0 Å². The maximum Gasteiger partial charge on any atom is 0.314 e. The minimum atomic E-state index is -0.789. The van der Waals surface area contributed by atoms with Gasteiger partial charge in [-0.25, -0.2) is 0 Å². The van der Waals surface area contributed by atoms with Crippen LogP contribution >= 0.6 is 0 Å². The summed E-state index contributed by atoms with van der Waals surface area (Å²) >= 11 is 0. The van der Waals surface area contributed by atoms with E-state index in [1.165, 1.54) is 7.11 Å². The standard InChI is InChI=1S/C10H11N3O2.C7H4/c1-15-10(14)9(12-13-11)7-8-5-3-2-4-6-8;1-3-5-7-6-4-2/h2-6,9H,7H2,1H3;1H,2H3/t9-;/m1./s1. The van der Waals surface area contributed by atoms with E-state index in [-0.39, 0.29) is 0 Å². The van der Waals surface area contributed by atoms with Crippen LogP contribution in [0.3, 0.4) is 0 Å². The Morgan fingerprint density at radius 1 is 1.36 bits per heavy atom. The Kier molecular flexibility index (Phi) is 10.8. The Morgan fingerprint density at radius 2 is 2.05 bits per heavy atom. The molecule has 0 aliphatic rings. The van der Waals surface area contributed by atoms with Crippen molar-refractivity contribution < 1.29 is 9.53 Å². The molecule has 0 saturated heterocycles. The zero-order valence-corrected chi connectivity index (χ0v) is 12.4. The fraction of sp³-hybridized carbons (Fsp3) is 0.235. The monoisotopic (exact) mass is 293 g/mol. The van der Waals surface area contributed by atoms with Gasteiger partial charge in [0.05, 0.1) is 7.11 Å². The molecule has 0 aliphatic heterocycles. The molecule has 0 aromatic heterocycles. The number of rotatable bonds is 4. The van der Waals surface area contributed by atoms with E-state index in [1.54, 1.807) is 6.92 Å². The molecule has 0 aliphatic carbocycles. The second kappa shape index (κ2) is 12.7. The average molecular weight is 293 g/mol. The van der Waals surface area contributed by atoms with E-state index in [0.717, 1.165) is 5.56 Å². The highest BCUT2D eigenvalue weighted by molar-refractivity contribution is 5.76. The minimum Gasteiger partial charge on any atom is -0.469 e. The van der Waals surface area contributed by atoms with E-state index in [2.05, 4.69) is 44.4 Å². The Hall–Kier alpha value is -3.32. The Labute approximate surface area is 130 Å². The van der Waals surface area contributed by atoms with Gasteiger partial charge in [0.1, 0.15) is 6.04 Å². The summed E-state index contributed by atoms with van der Waals surface area (Å²) in [6.45, 7) is 1.71. The Balaban J connectivity index is 0.000000534. The first-order valence-electron chi connectivity index (χ1n) is 6.22. The molecule has 0 amide bonds. The molecule has 0 saturated carbocycles. The van der Waals surface area contributed by atoms with Crippen LogP contribution in [0.15, 0.2) is 35.4 Å². The minimum absolute atomic E-state index is 0.359. The molecule has 110 valence electrons. The van der Waals surface area contributed by atoms with E-state index in [9.17, 15) is 4.79 Å². The third-order valence-electron chi connectivity index (χ3n) is 2.26. The predicted molar refractivity (Wildman–Crippen MR) is 85.2 cm³/mol. The number of nitrogens with zero attached hydrogens (tertiary/aromatic N) is 3. The molecule has 1 aromatic carbocycles. The molecule has 0 spiro atoms. The topological polar surface area (TPSA) is 75.1 Å². The van der Waals surface area contributed by atoms with Gasteiger partial charge < -0.3 is 4.74 Å². The van der Waals surface area contributed by atoms with Gasteiger partial charge in [0.25, 0.3) is 0 Å². The molecule has 0 unspecified atom stereocenters. The fourth-order valence-electron chi connectivity index (χ4n) is 1.34. The van der Waals surface area contributed by atoms with Crippen molar-refractivity contribution in [3.63, 3.8) is 0 Å². The van der Waals surface area contributed by atoms with Crippen LogP contribution in [0.25, 0.3) is 10.4 Å². The number of benzene rings is 1.